The van der Waals surface area contributed by atoms with Crippen LogP contribution in [-0.4, -0.2) is 66.4 Å². The highest BCUT2D eigenvalue weighted by molar-refractivity contribution is 5.79. The number of hydrogen-bond acceptors (Lipinski definition) is 7. The van der Waals surface area contributed by atoms with Crippen molar-refractivity contribution in [3.63, 3.8) is 0 Å². The lowest BCUT2D eigenvalue weighted by molar-refractivity contribution is -0.205. The first kappa shape index (κ1) is 27.8. The minimum atomic E-state index is -0.719. The van der Waals surface area contributed by atoms with Crippen LogP contribution in [0.3, 0.4) is 0 Å². The second-order valence-electron chi connectivity index (χ2n) is 13.6. The highest BCUT2D eigenvalue weighted by atomic mass is 16.6. The first-order chi connectivity index (χ1) is 19.1. The lowest BCUT2D eigenvalue weighted by Crippen LogP contribution is -2.62. The summed E-state index contributed by atoms with van der Waals surface area (Å²) < 4.78 is 11.1. The number of piperazine rings is 1. The van der Waals surface area contributed by atoms with E-state index in [4.69, 9.17) is 9.15 Å². The van der Waals surface area contributed by atoms with E-state index < -0.39 is 5.60 Å². The molecule has 9 heteroatoms. The van der Waals surface area contributed by atoms with E-state index in [1.165, 1.54) is 6.07 Å². The van der Waals surface area contributed by atoms with Gasteiger partial charge in [-0.25, -0.2) is 9.59 Å². The molecule has 2 amide bonds. The average Bonchev–Trinajstić information content (AvgIpc) is 3.21. The van der Waals surface area contributed by atoms with E-state index in [0.29, 0.717) is 38.0 Å². The number of rotatable bonds is 5. The summed E-state index contributed by atoms with van der Waals surface area (Å²) >= 11 is 0. The van der Waals surface area contributed by atoms with Crippen LogP contribution in [0.25, 0.3) is 0 Å². The number of alkyl carbamates (subject to hydrolysis) is 1. The van der Waals surface area contributed by atoms with Gasteiger partial charge in [-0.15, -0.1) is 0 Å². The number of nitrogens with zero attached hydrogens (tertiary/aromatic N) is 1. The Morgan fingerprint density at radius 3 is 2.75 bits per heavy atom. The molecule has 0 aromatic carbocycles. The van der Waals surface area contributed by atoms with Gasteiger partial charge in [-0.3, -0.25) is 4.79 Å². The van der Waals surface area contributed by atoms with Crippen molar-refractivity contribution < 1.29 is 23.8 Å². The smallest absolute Gasteiger partial charge is 0.407 e. The molecule has 3 N–H and O–H groups in total. The van der Waals surface area contributed by atoms with Crippen molar-refractivity contribution in [2.75, 3.05) is 32.7 Å². The van der Waals surface area contributed by atoms with Gasteiger partial charge in [0.2, 0.25) is 5.91 Å². The first-order valence-electron chi connectivity index (χ1n) is 15.4. The fourth-order valence-electron chi connectivity index (χ4n) is 9.76. The molecule has 1 aliphatic heterocycles. The summed E-state index contributed by atoms with van der Waals surface area (Å²) in [6.07, 6.45) is 9.69. The van der Waals surface area contributed by atoms with E-state index in [1.807, 2.05) is 6.07 Å². The zero-order valence-electron chi connectivity index (χ0n) is 24.0. The largest absolute Gasteiger partial charge is 0.446 e. The van der Waals surface area contributed by atoms with Crippen molar-refractivity contribution in [2.45, 2.75) is 89.3 Å². The van der Waals surface area contributed by atoms with Crippen molar-refractivity contribution >= 4 is 12.0 Å². The van der Waals surface area contributed by atoms with Gasteiger partial charge in [0.25, 0.3) is 0 Å². The molecule has 5 fully saturated rings. The van der Waals surface area contributed by atoms with Crippen LogP contribution >= 0.6 is 0 Å². The fourth-order valence-corrected chi connectivity index (χ4v) is 9.76. The van der Waals surface area contributed by atoms with Gasteiger partial charge in [0.05, 0.1) is 18.4 Å². The molecule has 8 atom stereocenters. The summed E-state index contributed by atoms with van der Waals surface area (Å²) in [7, 11) is 0. The highest BCUT2D eigenvalue weighted by Crippen LogP contribution is 2.70. The van der Waals surface area contributed by atoms with Crippen LogP contribution in [0.2, 0.25) is 0 Å². The molecule has 1 aromatic heterocycles. The lowest BCUT2D eigenvalue weighted by Gasteiger charge is -2.63. The summed E-state index contributed by atoms with van der Waals surface area (Å²) in [6.45, 7) is 7.41. The van der Waals surface area contributed by atoms with E-state index in [0.717, 1.165) is 69.9 Å². The molecule has 2 heterocycles. The first-order valence-corrected chi connectivity index (χ1v) is 15.4. The van der Waals surface area contributed by atoms with Crippen LogP contribution in [0.1, 0.15) is 83.1 Å². The zero-order chi connectivity index (χ0) is 28.1. The number of carbonyl (C=O) groups excluding carboxylic acids is 2. The van der Waals surface area contributed by atoms with E-state index in [-0.39, 0.29) is 46.4 Å². The van der Waals surface area contributed by atoms with E-state index in [2.05, 4.69) is 24.5 Å². The number of nitrogens with one attached hydrogen (secondary N) is 2. The Bertz CT molecular complexity index is 1170. The molecular formula is C31H45N3O6. The lowest BCUT2D eigenvalue weighted by atomic mass is 9.43. The van der Waals surface area contributed by atoms with Crippen LogP contribution in [-0.2, 0) is 9.53 Å². The normalized spacial score (nSPS) is 41.0. The quantitative estimate of drug-likeness (QED) is 0.509. The minimum Gasteiger partial charge on any atom is -0.446 e. The van der Waals surface area contributed by atoms with Gasteiger partial charge in [-0.1, -0.05) is 13.8 Å². The molecule has 6 rings (SSSR count). The van der Waals surface area contributed by atoms with Crippen molar-refractivity contribution in [1.82, 2.24) is 15.5 Å². The van der Waals surface area contributed by atoms with E-state index in [1.54, 1.807) is 11.2 Å². The monoisotopic (exact) mass is 555 g/mol. The van der Waals surface area contributed by atoms with Gasteiger partial charge in [0.15, 0.2) is 0 Å². The third kappa shape index (κ3) is 4.57. The Hall–Kier alpha value is -2.39. The molecule has 9 nitrogen and oxygen atoms in total. The van der Waals surface area contributed by atoms with Gasteiger partial charge < -0.3 is 29.8 Å². The third-order valence-corrected chi connectivity index (χ3v) is 12.0. The molecule has 5 aliphatic rings. The van der Waals surface area contributed by atoms with Crippen LogP contribution < -0.4 is 16.3 Å². The SMILES string of the molecule is C[C@]12CC[C@H](OC(=O)NCCN3CCNCC3=O)C[C@H]1CC[C@@H]1[C@@H]2CC[C@]2(C)[C@@H](c3ccc(=O)oc3)CC[C@]12O. The van der Waals surface area contributed by atoms with E-state index >= 15 is 0 Å². The van der Waals surface area contributed by atoms with Crippen LogP contribution in [0.15, 0.2) is 27.6 Å². The summed E-state index contributed by atoms with van der Waals surface area (Å²) in [5.74, 6) is 1.47. The number of amides is 2. The van der Waals surface area contributed by atoms with E-state index in [9.17, 15) is 19.5 Å². The molecule has 0 unspecified atom stereocenters. The molecule has 1 aromatic rings. The van der Waals surface area contributed by atoms with Gasteiger partial charge in [-0.2, -0.15) is 0 Å². The van der Waals surface area contributed by atoms with Gasteiger partial charge >= 0.3 is 11.7 Å². The van der Waals surface area contributed by atoms with Crippen molar-refractivity contribution in [2.24, 2.45) is 28.6 Å². The third-order valence-electron chi connectivity index (χ3n) is 12.0. The predicted octanol–water partition coefficient (Wildman–Crippen LogP) is 3.41. The highest BCUT2D eigenvalue weighted by Gasteiger charge is 2.67. The maximum atomic E-state index is 12.6. The minimum absolute atomic E-state index is 0.0674. The zero-order valence-corrected chi connectivity index (χ0v) is 24.0. The molecule has 1 saturated heterocycles. The summed E-state index contributed by atoms with van der Waals surface area (Å²) in [4.78, 5) is 37.8. The molecule has 0 radical (unpaired) electrons. The fraction of sp³-hybridized carbons (Fsp3) is 0.774. The summed E-state index contributed by atoms with van der Waals surface area (Å²) in [6, 6.07) is 3.39. The van der Waals surface area contributed by atoms with Gasteiger partial charge in [0, 0.05) is 37.7 Å². The maximum absolute atomic E-state index is 12.6. The molecule has 0 bridgehead atoms. The van der Waals surface area contributed by atoms with Gasteiger partial charge in [0.1, 0.15) is 6.10 Å². The van der Waals surface area contributed by atoms with Crippen molar-refractivity contribution in [1.29, 1.82) is 0 Å². The maximum Gasteiger partial charge on any atom is 0.407 e. The Labute approximate surface area is 236 Å². The molecular weight excluding hydrogens is 510 g/mol. The number of hydrogen-bond donors (Lipinski definition) is 3. The van der Waals surface area contributed by atoms with Crippen molar-refractivity contribution in [3.8, 4) is 0 Å². The average molecular weight is 556 g/mol. The number of ether oxygens (including phenoxy) is 1. The predicted molar refractivity (Wildman–Crippen MR) is 149 cm³/mol. The second kappa shape index (κ2) is 10.5. The van der Waals surface area contributed by atoms with Crippen LogP contribution in [0, 0.1) is 28.6 Å². The van der Waals surface area contributed by atoms with Crippen LogP contribution in [0.5, 0.6) is 0 Å². The standard InChI is InChI=1S/C31H45N3O6/c1-29-10-7-22(40-28(37)33-14-16-34-15-13-32-18-26(34)35)17-21(29)4-5-25-24(29)8-11-30(2)23(9-12-31(25,30)38)20-3-6-27(36)39-19-20/h3,6,19,21-25,32,38H,4-5,7-18H2,1-2H3,(H,33,37)/t21-,22+,23-,24+,25-,29+,30-,31+/m1/s1. The topological polar surface area (TPSA) is 121 Å². The number of fused-ring (bicyclic) bond motifs is 5. The Morgan fingerprint density at radius 1 is 1.12 bits per heavy atom. The Balaban J connectivity index is 1.07. The molecule has 4 aliphatic carbocycles. The molecule has 0 spiro atoms. The summed E-state index contributed by atoms with van der Waals surface area (Å²) in [5, 5.41) is 18.3. The molecule has 4 saturated carbocycles. The molecule has 40 heavy (non-hydrogen) atoms. The molecule has 220 valence electrons. The Morgan fingerprint density at radius 2 is 1.98 bits per heavy atom. The second-order valence-corrected chi connectivity index (χ2v) is 13.6. The number of aliphatic hydroxyl groups is 1. The van der Waals surface area contributed by atoms with Crippen molar-refractivity contribution in [3.05, 3.63) is 34.4 Å². The van der Waals surface area contributed by atoms with Crippen LogP contribution in [0.4, 0.5) is 4.79 Å². The number of carbonyl (C=O) groups is 2. The Kier molecular flexibility index (Phi) is 7.26. The van der Waals surface area contributed by atoms with Gasteiger partial charge in [-0.05, 0) is 98.5 Å². The summed E-state index contributed by atoms with van der Waals surface area (Å²) in [5.41, 5.74) is -0.113.